The van der Waals surface area contributed by atoms with Gasteiger partial charge in [-0.25, -0.2) is 13.4 Å². The molecule has 0 saturated carbocycles. The van der Waals surface area contributed by atoms with Gasteiger partial charge in [0.15, 0.2) is 0 Å². The average Bonchev–Trinajstić information content (AvgIpc) is 3.38. The van der Waals surface area contributed by atoms with E-state index in [4.69, 9.17) is 4.98 Å². The maximum atomic E-state index is 14.3. The molecular formula is C30H28N4O2S. The lowest BCUT2D eigenvalue weighted by atomic mass is 10.1. The second-order valence-corrected chi connectivity index (χ2v) is 10.8. The highest BCUT2D eigenvalue weighted by molar-refractivity contribution is 7.89. The van der Waals surface area contributed by atoms with Crippen LogP contribution in [0.4, 0.5) is 0 Å². The molecule has 0 amide bonds. The SMILES string of the molecule is Cc1ccc(S(=O)(=O)N(Cc2ccncc2)C(c2ccccc2)c2nccn2Cc2ccccc2)cc1. The summed E-state index contributed by atoms with van der Waals surface area (Å²) >= 11 is 0. The Balaban J connectivity index is 1.67. The summed E-state index contributed by atoms with van der Waals surface area (Å²) in [4.78, 5) is 9.07. The van der Waals surface area contributed by atoms with Gasteiger partial charge >= 0.3 is 0 Å². The molecule has 0 saturated heterocycles. The highest BCUT2D eigenvalue weighted by atomic mass is 32.2. The molecule has 7 heteroatoms. The number of pyridine rings is 1. The van der Waals surface area contributed by atoms with Gasteiger partial charge in [0.25, 0.3) is 0 Å². The Morgan fingerprint density at radius 1 is 0.784 bits per heavy atom. The van der Waals surface area contributed by atoms with Gasteiger partial charge in [0.2, 0.25) is 10.0 Å². The Morgan fingerprint density at radius 2 is 1.43 bits per heavy atom. The van der Waals surface area contributed by atoms with Crippen molar-refractivity contribution in [1.29, 1.82) is 0 Å². The fourth-order valence-electron chi connectivity index (χ4n) is 4.39. The molecule has 3 aromatic carbocycles. The molecule has 5 aromatic rings. The van der Waals surface area contributed by atoms with Gasteiger partial charge < -0.3 is 4.57 Å². The maximum Gasteiger partial charge on any atom is 0.244 e. The molecule has 2 aromatic heterocycles. The van der Waals surface area contributed by atoms with E-state index >= 15 is 0 Å². The third-order valence-corrected chi connectivity index (χ3v) is 8.13. The molecule has 1 unspecified atom stereocenters. The van der Waals surface area contributed by atoms with Gasteiger partial charge in [0.05, 0.1) is 4.90 Å². The summed E-state index contributed by atoms with van der Waals surface area (Å²) in [6.45, 7) is 2.68. The maximum absolute atomic E-state index is 14.3. The van der Waals surface area contributed by atoms with Crippen molar-refractivity contribution in [3.8, 4) is 0 Å². The summed E-state index contributed by atoms with van der Waals surface area (Å²) in [6, 6.07) is 29.8. The molecule has 0 bridgehead atoms. The van der Waals surface area contributed by atoms with Crippen LogP contribution in [0.2, 0.25) is 0 Å². The van der Waals surface area contributed by atoms with Crippen molar-refractivity contribution in [2.75, 3.05) is 0 Å². The van der Waals surface area contributed by atoms with Gasteiger partial charge in [0, 0.05) is 37.9 Å². The molecule has 0 aliphatic heterocycles. The number of hydrogen-bond acceptors (Lipinski definition) is 4. The molecule has 186 valence electrons. The van der Waals surface area contributed by atoms with Crippen molar-refractivity contribution in [2.24, 2.45) is 0 Å². The zero-order valence-corrected chi connectivity index (χ0v) is 21.4. The minimum Gasteiger partial charge on any atom is -0.329 e. The molecule has 5 rings (SSSR count). The highest BCUT2D eigenvalue weighted by Gasteiger charge is 2.36. The summed E-state index contributed by atoms with van der Waals surface area (Å²) in [5.74, 6) is 0.653. The lowest BCUT2D eigenvalue weighted by molar-refractivity contribution is 0.336. The molecule has 0 fully saturated rings. The molecule has 0 radical (unpaired) electrons. The minimum atomic E-state index is -3.92. The van der Waals surface area contributed by atoms with E-state index in [2.05, 4.69) is 17.1 Å². The molecule has 0 spiro atoms. The first-order valence-electron chi connectivity index (χ1n) is 12.1. The first-order chi connectivity index (χ1) is 18.0. The zero-order chi connectivity index (χ0) is 25.7. The van der Waals surface area contributed by atoms with Gasteiger partial charge in [-0.1, -0.05) is 78.4 Å². The first kappa shape index (κ1) is 24.6. The van der Waals surface area contributed by atoms with E-state index in [9.17, 15) is 8.42 Å². The van der Waals surface area contributed by atoms with Crippen molar-refractivity contribution < 1.29 is 8.42 Å². The quantitative estimate of drug-likeness (QED) is 0.259. The Labute approximate surface area is 217 Å². The molecule has 0 aliphatic rings. The number of rotatable bonds is 9. The number of aromatic nitrogens is 3. The van der Waals surface area contributed by atoms with Crippen LogP contribution in [0.1, 0.15) is 34.1 Å². The van der Waals surface area contributed by atoms with Crippen molar-refractivity contribution in [2.45, 2.75) is 31.0 Å². The lowest BCUT2D eigenvalue weighted by Gasteiger charge is -2.31. The zero-order valence-electron chi connectivity index (χ0n) is 20.6. The fraction of sp³-hybridized carbons (Fsp3) is 0.133. The normalized spacial score (nSPS) is 12.5. The Hall–Kier alpha value is -4.07. The largest absolute Gasteiger partial charge is 0.329 e. The molecule has 1 atom stereocenters. The molecule has 37 heavy (non-hydrogen) atoms. The number of nitrogens with zero attached hydrogens (tertiary/aromatic N) is 4. The molecule has 2 heterocycles. The third kappa shape index (κ3) is 5.53. The van der Waals surface area contributed by atoms with Crippen LogP contribution in [-0.2, 0) is 23.1 Å². The summed E-state index contributed by atoms with van der Waals surface area (Å²) in [6.07, 6.45) is 7.00. The number of sulfonamides is 1. The highest BCUT2D eigenvalue weighted by Crippen LogP contribution is 2.34. The van der Waals surface area contributed by atoms with E-state index in [1.807, 2.05) is 90.5 Å². The Bertz CT molecular complexity index is 1540. The van der Waals surface area contributed by atoms with Crippen LogP contribution in [0.15, 0.2) is 127 Å². The topological polar surface area (TPSA) is 68.1 Å². The summed E-state index contributed by atoms with van der Waals surface area (Å²) < 4.78 is 32.2. The van der Waals surface area contributed by atoms with E-state index < -0.39 is 16.1 Å². The van der Waals surface area contributed by atoms with E-state index in [1.165, 1.54) is 0 Å². The Kier molecular flexibility index (Phi) is 7.25. The van der Waals surface area contributed by atoms with Gasteiger partial charge in [-0.15, -0.1) is 0 Å². The molecule has 0 N–H and O–H groups in total. The van der Waals surface area contributed by atoms with Gasteiger partial charge in [-0.05, 0) is 47.9 Å². The summed E-state index contributed by atoms with van der Waals surface area (Å²) in [7, 11) is -3.92. The van der Waals surface area contributed by atoms with Crippen LogP contribution in [0.25, 0.3) is 0 Å². The van der Waals surface area contributed by atoms with E-state index in [1.54, 1.807) is 35.0 Å². The van der Waals surface area contributed by atoms with Crippen LogP contribution in [-0.4, -0.2) is 27.3 Å². The van der Waals surface area contributed by atoms with Crippen LogP contribution in [0.5, 0.6) is 0 Å². The van der Waals surface area contributed by atoms with Crippen molar-refractivity contribution in [3.05, 3.63) is 150 Å². The number of imidazole rings is 1. The summed E-state index contributed by atoms with van der Waals surface area (Å²) in [5, 5.41) is 0. The Morgan fingerprint density at radius 3 is 2.11 bits per heavy atom. The van der Waals surface area contributed by atoms with E-state index in [0.29, 0.717) is 12.4 Å². The van der Waals surface area contributed by atoms with Gasteiger partial charge in [-0.2, -0.15) is 4.31 Å². The van der Waals surface area contributed by atoms with E-state index in [-0.39, 0.29) is 11.4 Å². The standard InChI is InChI=1S/C30H28N4O2S/c1-24-12-14-28(15-13-24)37(35,36)34(23-26-16-18-31-19-17-26)29(27-10-6-3-7-11-27)30-32-20-21-33(30)22-25-8-4-2-5-9-25/h2-21,29H,22-23H2,1H3. The second-order valence-electron chi connectivity index (χ2n) is 8.93. The predicted octanol–water partition coefficient (Wildman–Crippen LogP) is 5.62. The second kappa shape index (κ2) is 10.9. The third-order valence-electron chi connectivity index (χ3n) is 6.31. The first-order valence-corrected chi connectivity index (χ1v) is 13.5. The van der Waals surface area contributed by atoms with Crippen LogP contribution in [0.3, 0.4) is 0 Å². The van der Waals surface area contributed by atoms with Crippen molar-refractivity contribution >= 4 is 10.0 Å². The smallest absolute Gasteiger partial charge is 0.244 e. The minimum absolute atomic E-state index is 0.163. The van der Waals surface area contributed by atoms with Crippen LogP contribution < -0.4 is 0 Å². The van der Waals surface area contributed by atoms with Crippen LogP contribution in [0, 0.1) is 6.92 Å². The fourth-order valence-corrected chi connectivity index (χ4v) is 5.95. The average molecular weight is 509 g/mol. The van der Waals surface area contributed by atoms with Crippen molar-refractivity contribution in [3.63, 3.8) is 0 Å². The molecule has 6 nitrogen and oxygen atoms in total. The molecule has 0 aliphatic carbocycles. The van der Waals surface area contributed by atoms with Gasteiger partial charge in [-0.3, -0.25) is 4.98 Å². The number of benzene rings is 3. The van der Waals surface area contributed by atoms with Gasteiger partial charge in [0.1, 0.15) is 11.9 Å². The van der Waals surface area contributed by atoms with Crippen LogP contribution >= 0.6 is 0 Å². The summed E-state index contributed by atoms with van der Waals surface area (Å²) in [5.41, 5.74) is 3.79. The van der Waals surface area contributed by atoms with E-state index in [0.717, 1.165) is 22.3 Å². The molecular weight excluding hydrogens is 480 g/mol. The lowest BCUT2D eigenvalue weighted by Crippen LogP contribution is -2.36. The predicted molar refractivity (Wildman–Crippen MR) is 144 cm³/mol. The van der Waals surface area contributed by atoms with Crippen molar-refractivity contribution in [1.82, 2.24) is 18.8 Å². The number of aryl methyl sites for hydroxylation is 1. The monoisotopic (exact) mass is 508 g/mol. The number of hydrogen-bond donors (Lipinski definition) is 0.